The topological polar surface area (TPSA) is 39.2 Å². The molecule has 2 rings (SSSR count). The van der Waals surface area contributed by atoms with Gasteiger partial charge in [-0.1, -0.05) is 24.3 Å². The molecule has 1 aromatic heterocycles. The molecule has 0 aliphatic heterocycles. The van der Waals surface area contributed by atoms with E-state index in [1.165, 1.54) is 19.4 Å². The normalized spacial score (nSPS) is 10.8. The highest BCUT2D eigenvalue weighted by Gasteiger charge is 2.04. The maximum atomic E-state index is 11.6. The summed E-state index contributed by atoms with van der Waals surface area (Å²) >= 11 is 0. The van der Waals surface area contributed by atoms with Crippen LogP contribution in [0.25, 0.3) is 10.9 Å². The van der Waals surface area contributed by atoms with Crippen molar-refractivity contribution >= 4 is 16.7 Å². The number of ether oxygens (including phenoxy) is 1. The largest absolute Gasteiger partial charge is 0.504 e. The lowest BCUT2D eigenvalue weighted by atomic mass is 10.1. The van der Waals surface area contributed by atoms with E-state index < -0.39 is 0 Å². The minimum Gasteiger partial charge on any atom is -0.504 e. The highest BCUT2D eigenvalue weighted by Crippen LogP contribution is 2.12. The Kier molecular flexibility index (Phi) is 2.96. The number of pyridine rings is 1. The summed E-state index contributed by atoms with van der Waals surface area (Å²) in [6.45, 7) is 0. The van der Waals surface area contributed by atoms with Crippen LogP contribution in [0.15, 0.2) is 48.7 Å². The van der Waals surface area contributed by atoms with Gasteiger partial charge in [0.1, 0.15) is 5.69 Å². The molecule has 3 nitrogen and oxygen atoms in total. The third-order valence-corrected chi connectivity index (χ3v) is 2.21. The fraction of sp³-hybridized carbons (Fsp3) is 0.0769. The second-order valence-corrected chi connectivity index (χ2v) is 3.29. The Balaban J connectivity index is 2.39. The van der Waals surface area contributed by atoms with Crippen LogP contribution in [0.1, 0.15) is 10.5 Å². The van der Waals surface area contributed by atoms with Crippen molar-refractivity contribution in [2.45, 2.75) is 0 Å². The van der Waals surface area contributed by atoms with Crippen LogP contribution in [0.2, 0.25) is 0 Å². The van der Waals surface area contributed by atoms with Crippen LogP contribution in [0.4, 0.5) is 0 Å². The number of fused-ring (bicyclic) bond motifs is 1. The highest BCUT2D eigenvalue weighted by atomic mass is 16.5. The van der Waals surface area contributed by atoms with Crippen LogP contribution >= 0.6 is 0 Å². The molecule has 1 heterocycles. The predicted octanol–water partition coefficient (Wildman–Crippen LogP) is 2.58. The van der Waals surface area contributed by atoms with E-state index in [1.807, 2.05) is 30.3 Å². The molecule has 0 aliphatic carbocycles. The van der Waals surface area contributed by atoms with Gasteiger partial charge in [0.25, 0.3) is 0 Å². The van der Waals surface area contributed by atoms with Crippen LogP contribution in [0.5, 0.6) is 0 Å². The van der Waals surface area contributed by atoms with E-state index in [-0.39, 0.29) is 5.78 Å². The van der Waals surface area contributed by atoms with E-state index in [2.05, 4.69) is 4.98 Å². The number of aromatic nitrogens is 1. The molecule has 3 heteroatoms. The van der Waals surface area contributed by atoms with Crippen molar-refractivity contribution in [2.75, 3.05) is 7.11 Å². The van der Waals surface area contributed by atoms with Crippen molar-refractivity contribution in [2.24, 2.45) is 0 Å². The van der Waals surface area contributed by atoms with Gasteiger partial charge in [-0.15, -0.1) is 0 Å². The first-order valence-corrected chi connectivity index (χ1v) is 4.91. The molecule has 0 bridgehead atoms. The van der Waals surface area contributed by atoms with E-state index in [9.17, 15) is 4.79 Å². The number of para-hydroxylation sites is 1. The molecule has 0 atom stereocenters. The van der Waals surface area contributed by atoms with Gasteiger partial charge in [0.15, 0.2) is 0 Å². The summed E-state index contributed by atoms with van der Waals surface area (Å²) in [6, 6.07) is 11.3. The summed E-state index contributed by atoms with van der Waals surface area (Å²) < 4.78 is 4.69. The van der Waals surface area contributed by atoms with E-state index in [0.29, 0.717) is 5.69 Å². The first-order valence-electron chi connectivity index (χ1n) is 4.91. The van der Waals surface area contributed by atoms with Gasteiger partial charge in [-0.25, -0.2) is 4.98 Å². The standard InChI is InChI=1S/C13H11NO2/c1-16-9-8-13(15)12-7-6-10-4-2-3-5-11(10)14-12/h2-9H,1H3/b9-8-. The fourth-order valence-corrected chi connectivity index (χ4v) is 1.42. The van der Waals surface area contributed by atoms with Crippen LogP contribution < -0.4 is 0 Å². The van der Waals surface area contributed by atoms with Crippen molar-refractivity contribution in [3.8, 4) is 0 Å². The third-order valence-electron chi connectivity index (χ3n) is 2.21. The molecule has 0 radical (unpaired) electrons. The summed E-state index contributed by atoms with van der Waals surface area (Å²) in [6.07, 6.45) is 2.70. The summed E-state index contributed by atoms with van der Waals surface area (Å²) in [7, 11) is 1.50. The second-order valence-electron chi connectivity index (χ2n) is 3.29. The molecule has 0 spiro atoms. The number of benzene rings is 1. The van der Waals surface area contributed by atoms with Gasteiger partial charge in [-0.2, -0.15) is 0 Å². The summed E-state index contributed by atoms with van der Waals surface area (Å²) in [5, 5.41) is 1.02. The van der Waals surface area contributed by atoms with Gasteiger partial charge in [-0.3, -0.25) is 4.79 Å². The van der Waals surface area contributed by atoms with Crippen molar-refractivity contribution in [1.29, 1.82) is 0 Å². The smallest absolute Gasteiger partial charge is 0.207 e. The Hall–Kier alpha value is -2.16. The zero-order valence-corrected chi connectivity index (χ0v) is 8.88. The first kappa shape index (κ1) is 10.4. The lowest BCUT2D eigenvalue weighted by Crippen LogP contribution is -1.98. The number of rotatable bonds is 3. The molecule has 80 valence electrons. The molecule has 0 aliphatic rings. The number of allylic oxidation sites excluding steroid dienone is 1. The average Bonchev–Trinajstić information content (AvgIpc) is 2.35. The fourth-order valence-electron chi connectivity index (χ4n) is 1.42. The number of hydrogen-bond donors (Lipinski definition) is 0. The number of carbonyl (C=O) groups excluding carboxylic acids is 1. The molecule has 1 aromatic carbocycles. The van der Waals surface area contributed by atoms with Crippen LogP contribution in [-0.4, -0.2) is 17.9 Å². The monoisotopic (exact) mass is 213 g/mol. The molecule has 2 aromatic rings. The molecule has 0 unspecified atom stereocenters. The molecule has 0 amide bonds. The van der Waals surface area contributed by atoms with E-state index in [0.717, 1.165) is 10.9 Å². The lowest BCUT2D eigenvalue weighted by molar-refractivity contribution is 0.103. The summed E-state index contributed by atoms with van der Waals surface area (Å²) in [4.78, 5) is 15.9. The molecular formula is C13H11NO2. The first-order chi connectivity index (χ1) is 7.81. The van der Waals surface area contributed by atoms with Gasteiger partial charge >= 0.3 is 0 Å². The molecule has 0 fully saturated rings. The van der Waals surface area contributed by atoms with Crippen molar-refractivity contribution in [3.63, 3.8) is 0 Å². The van der Waals surface area contributed by atoms with Crippen LogP contribution in [0.3, 0.4) is 0 Å². The van der Waals surface area contributed by atoms with Gasteiger partial charge in [0.05, 0.1) is 18.9 Å². The lowest BCUT2D eigenvalue weighted by Gasteiger charge is -1.99. The summed E-state index contributed by atoms with van der Waals surface area (Å²) in [5.74, 6) is -0.160. The Labute approximate surface area is 93.4 Å². The van der Waals surface area contributed by atoms with E-state index in [1.54, 1.807) is 6.07 Å². The average molecular weight is 213 g/mol. The van der Waals surface area contributed by atoms with Gasteiger partial charge in [-0.05, 0) is 12.1 Å². The number of methoxy groups -OCH3 is 1. The number of nitrogens with zero attached hydrogens (tertiary/aromatic N) is 1. The van der Waals surface area contributed by atoms with Gasteiger partial charge in [0.2, 0.25) is 5.78 Å². The number of carbonyl (C=O) groups is 1. The molecule has 0 saturated heterocycles. The minimum absolute atomic E-state index is 0.160. The summed E-state index contributed by atoms with van der Waals surface area (Å²) in [5.41, 5.74) is 1.24. The van der Waals surface area contributed by atoms with Crippen molar-refractivity contribution in [1.82, 2.24) is 4.98 Å². The van der Waals surface area contributed by atoms with Crippen LogP contribution in [-0.2, 0) is 4.74 Å². The van der Waals surface area contributed by atoms with E-state index >= 15 is 0 Å². The Morgan fingerprint density at radius 2 is 2.06 bits per heavy atom. The quantitative estimate of drug-likeness (QED) is 0.447. The number of hydrogen-bond acceptors (Lipinski definition) is 3. The molecule has 0 N–H and O–H groups in total. The Morgan fingerprint density at radius 3 is 2.88 bits per heavy atom. The van der Waals surface area contributed by atoms with Gasteiger partial charge in [0, 0.05) is 11.5 Å². The van der Waals surface area contributed by atoms with Crippen molar-refractivity contribution < 1.29 is 9.53 Å². The maximum Gasteiger partial charge on any atom is 0.207 e. The number of ketones is 1. The van der Waals surface area contributed by atoms with E-state index in [4.69, 9.17) is 4.74 Å². The molecule has 0 saturated carbocycles. The Morgan fingerprint density at radius 1 is 1.25 bits per heavy atom. The molecule has 16 heavy (non-hydrogen) atoms. The third kappa shape index (κ3) is 2.08. The Bertz CT molecular complexity index is 546. The predicted molar refractivity (Wildman–Crippen MR) is 62.2 cm³/mol. The second kappa shape index (κ2) is 4.57. The van der Waals surface area contributed by atoms with Crippen molar-refractivity contribution in [3.05, 3.63) is 54.4 Å². The van der Waals surface area contributed by atoms with Crippen LogP contribution in [0, 0.1) is 0 Å². The zero-order valence-electron chi connectivity index (χ0n) is 8.88. The minimum atomic E-state index is -0.160. The molecular weight excluding hydrogens is 202 g/mol. The van der Waals surface area contributed by atoms with Gasteiger partial charge < -0.3 is 4.74 Å². The maximum absolute atomic E-state index is 11.6. The zero-order chi connectivity index (χ0) is 11.4. The highest BCUT2D eigenvalue weighted by molar-refractivity contribution is 6.04. The SMILES string of the molecule is CO/C=C\C(=O)c1ccc2ccccc2n1.